The summed E-state index contributed by atoms with van der Waals surface area (Å²) in [6.07, 6.45) is 8.25. The number of aromatic nitrogens is 2. The highest BCUT2D eigenvalue weighted by Crippen LogP contribution is 2.18. The summed E-state index contributed by atoms with van der Waals surface area (Å²) in [5.41, 5.74) is 2.14. The molecule has 31 heavy (non-hydrogen) atoms. The molecule has 1 atom stereocenters. The molecule has 4 rings (SSSR count). The minimum Gasteiger partial charge on any atom is -0.376 e. The number of aryl methyl sites for hydroxylation is 1. The van der Waals surface area contributed by atoms with Crippen molar-refractivity contribution >= 4 is 17.0 Å². The highest BCUT2D eigenvalue weighted by molar-refractivity contribution is 5.80. The van der Waals surface area contributed by atoms with Gasteiger partial charge in [-0.05, 0) is 57.6 Å². The molecule has 3 heterocycles. The lowest BCUT2D eigenvalue weighted by atomic mass is 10.1. The van der Waals surface area contributed by atoms with Crippen LogP contribution >= 0.6 is 0 Å². The van der Waals surface area contributed by atoms with Crippen molar-refractivity contribution in [3.05, 3.63) is 30.1 Å². The Kier molecular flexibility index (Phi) is 8.18. The second kappa shape index (κ2) is 11.5. The monoisotopic (exact) mass is 427 g/mol. The molecular weight excluding hydrogens is 390 g/mol. The van der Waals surface area contributed by atoms with Crippen LogP contribution in [0.2, 0.25) is 0 Å². The van der Waals surface area contributed by atoms with Crippen molar-refractivity contribution in [1.29, 1.82) is 0 Å². The lowest BCUT2D eigenvalue weighted by molar-refractivity contribution is -0.0721. The van der Waals surface area contributed by atoms with E-state index in [9.17, 15) is 0 Å². The maximum atomic E-state index is 6.16. The van der Waals surface area contributed by atoms with Gasteiger partial charge in [-0.1, -0.05) is 12.1 Å². The number of nitrogens with one attached hydrogen (secondary N) is 2. The van der Waals surface area contributed by atoms with Crippen LogP contribution in [0.1, 0.15) is 51.3 Å². The van der Waals surface area contributed by atoms with E-state index in [1.165, 1.54) is 12.8 Å². The Balaban J connectivity index is 1.20. The van der Waals surface area contributed by atoms with Crippen molar-refractivity contribution in [3.8, 4) is 0 Å². The number of hydrogen-bond acceptors (Lipinski definition) is 4. The number of ether oxygens (including phenoxy) is 2. The first-order valence-electron chi connectivity index (χ1n) is 12.0. The van der Waals surface area contributed by atoms with Gasteiger partial charge in [0.2, 0.25) is 0 Å². The van der Waals surface area contributed by atoms with Crippen LogP contribution in [0.15, 0.2) is 29.3 Å². The zero-order valence-electron chi connectivity index (χ0n) is 18.8. The summed E-state index contributed by atoms with van der Waals surface area (Å²) in [4.78, 5) is 15.3. The average Bonchev–Trinajstić information content (AvgIpc) is 3.24. The number of likely N-dealkylation sites (tertiary alicyclic amines) is 1. The normalized spacial score (nSPS) is 21.0. The Morgan fingerprint density at radius 2 is 2.13 bits per heavy atom. The number of imidazole rings is 1. The van der Waals surface area contributed by atoms with Crippen molar-refractivity contribution < 1.29 is 9.47 Å². The molecule has 170 valence electrons. The minimum atomic E-state index is 0.303. The molecule has 0 bridgehead atoms. The van der Waals surface area contributed by atoms with Gasteiger partial charge in [0.1, 0.15) is 5.82 Å². The van der Waals surface area contributed by atoms with Gasteiger partial charge in [0.15, 0.2) is 5.96 Å². The van der Waals surface area contributed by atoms with Crippen molar-refractivity contribution in [1.82, 2.24) is 20.2 Å². The van der Waals surface area contributed by atoms with E-state index in [1.54, 1.807) is 0 Å². The van der Waals surface area contributed by atoms with Gasteiger partial charge in [0.25, 0.3) is 0 Å². The van der Waals surface area contributed by atoms with Crippen LogP contribution in [0.4, 0.5) is 0 Å². The topological polar surface area (TPSA) is 74.8 Å². The summed E-state index contributed by atoms with van der Waals surface area (Å²) in [6.45, 7) is 7.44. The number of hydrogen-bond donors (Lipinski definition) is 2. The van der Waals surface area contributed by atoms with Crippen LogP contribution in [0.3, 0.4) is 0 Å². The third-order valence-electron chi connectivity index (χ3n) is 6.14. The number of para-hydroxylation sites is 2. The summed E-state index contributed by atoms with van der Waals surface area (Å²) in [5, 5.41) is 3.46. The minimum absolute atomic E-state index is 0.303. The Hall–Kier alpha value is -2.12. The molecule has 0 amide bonds. The number of piperidine rings is 1. The average molecular weight is 428 g/mol. The number of H-pyrrole nitrogens is 1. The van der Waals surface area contributed by atoms with Gasteiger partial charge in [-0.15, -0.1) is 0 Å². The fourth-order valence-electron chi connectivity index (χ4n) is 4.40. The van der Waals surface area contributed by atoms with Crippen molar-refractivity contribution in [2.75, 3.05) is 39.4 Å². The van der Waals surface area contributed by atoms with Crippen LogP contribution in [0.5, 0.6) is 0 Å². The van der Waals surface area contributed by atoms with Gasteiger partial charge in [0, 0.05) is 39.2 Å². The Morgan fingerprint density at radius 3 is 2.90 bits per heavy atom. The first-order chi connectivity index (χ1) is 15.3. The molecule has 7 nitrogen and oxygen atoms in total. The van der Waals surface area contributed by atoms with E-state index < -0.39 is 0 Å². The maximum Gasteiger partial charge on any atom is 0.193 e. The predicted octanol–water partition coefficient (Wildman–Crippen LogP) is 3.51. The van der Waals surface area contributed by atoms with Gasteiger partial charge >= 0.3 is 0 Å². The highest BCUT2D eigenvalue weighted by Gasteiger charge is 2.23. The van der Waals surface area contributed by atoms with Gasteiger partial charge in [-0.2, -0.15) is 0 Å². The van der Waals surface area contributed by atoms with E-state index in [1.807, 2.05) is 18.2 Å². The fourth-order valence-corrected chi connectivity index (χ4v) is 4.40. The molecular formula is C24H37N5O2. The van der Waals surface area contributed by atoms with E-state index >= 15 is 0 Å². The van der Waals surface area contributed by atoms with Crippen molar-refractivity contribution in [2.24, 2.45) is 4.99 Å². The second-order valence-corrected chi connectivity index (χ2v) is 8.55. The number of nitrogens with zero attached hydrogens (tertiary/aromatic N) is 3. The maximum absolute atomic E-state index is 6.16. The molecule has 0 saturated carbocycles. The molecule has 1 unspecified atom stereocenters. The molecule has 2 aliphatic heterocycles. The molecule has 2 aliphatic rings. The first-order valence-corrected chi connectivity index (χ1v) is 12.0. The largest absolute Gasteiger partial charge is 0.376 e. The lowest BCUT2D eigenvalue weighted by Gasteiger charge is -2.35. The molecule has 2 saturated heterocycles. The molecule has 2 aromatic rings. The molecule has 2 N–H and O–H groups in total. The Morgan fingerprint density at radius 1 is 1.26 bits per heavy atom. The van der Waals surface area contributed by atoms with Crippen LogP contribution in [0, 0.1) is 0 Å². The zero-order valence-corrected chi connectivity index (χ0v) is 18.8. The summed E-state index contributed by atoms with van der Waals surface area (Å²) < 4.78 is 12.0. The number of fused-ring (bicyclic) bond motifs is 1. The third-order valence-corrected chi connectivity index (χ3v) is 6.14. The van der Waals surface area contributed by atoms with Crippen LogP contribution in [-0.2, 0) is 15.9 Å². The Labute approximate surface area is 185 Å². The third kappa shape index (κ3) is 6.43. The summed E-state index contributed by atoms with van der Waals surface area (Å²) in [7, 11) is 0. The zero-order chi connectivity index (χ0) is 21.3. The molecule has 7 heteroatoms. The van der Waals surface area contributed by atoms with E-state index in [0.717, 1.165) is 94.3 Å². The standard InChI is InChI=1S/C24H37N5O2/c1-2-25-24(26-14-7-11-23-27-21-9-3-4-10-22(21)28-23)29-15-12-19(13-16-29)31-18-20-8-5-6-17-30-20/h3-4,9-10,19-20H,2,5-8,11-18H2,1H3,(H,25,26)(H,27,28). The quantitative estimate of drug-likeness (QED) is 0.383. The van der Waals surface area contributed by atoms with Gasteiger partial charge in [-0.25, -0.2) is 4.98 Å². The van der Waals surface area contributed by atoms with Crippen molar-refractivity contribution in [2.45, 2.75) is 64.1 Å². The van der Waals surface area contributed by atoms with Gasteiger partial charge < -0.3 is 24.7 Å². The smallest absolute Gasteiger partial charge is 0.193 e. The van der Waals surface area contributed by atoms with E-state index in [-0.39, 0.29) is 0 Å². The summed E-state index contributed by atoms with van der Waals surface area (Å²) in [5.74, 6) is 2.07. The van der Waals surface area contributed by atoms with Crippen LogP contribution in [0.25, 0.3) is 11.0 Å². The molecule has 0 spiro atoms. The number of guanidine groups is 1. The molecule has 1 aromatic heterocycles. The Bertz CT molecular complexity index is 789. The predicted molar refractivity (Wildman–Crippen MR) is 125 cm³/mol. The van der Waals surface area contributed by atoms with E-state index in [2.05, 4.69) is 33.2 Å². The molecule has 2 fully saturated rings. The molecule has 0 aliphatic carbocycles. The summed E-state index contributed by atoms with van der Waals surface area (Å²) >= 11 is 0. The summed E-state index contributed by atoms with van der Waals surface area (Å²) in [6, 6.07) is 8.18. The van der Waals surface area contributed by atoms with Gasteiger partial charge in [0.05, 0.1) is 29.8 Å². The molecule has 0 radical (unpaired) electrons. The lowest BCUT2D eigenvalue weighted by Crippen LogP contribution is -2.47. The fraction of sp³-hybridized carbons (Fsp3) is 0.667. The number of aromatic amines is 1. The molecule has 1 aromatic carbocycles. The van der Waals surface area contributed by atoms with E-state index in [0.29, 0.717) is 12.2 Å². The van der Waals surface area contributed by atoms with Crippen molar-refractivity contribution in [3.63, 3.8) is 0 Å². The van der Waals surface area contributed by atoms with Gasteiger partial charge in [-0.3, -0.25) is 4.99 Å². The number of benzene rings is 1. The van der Waals surface area contributed by atoms with E-state index in [4.69, 9.17) is 14.5 Å². The van der Waals surface area contributed by atoms with Crippen LogP contribution in [-0.4, -0.2) is 72.4 Å². The first kappa shape index (κ1) is 22.1. The highest BCUT2D eigenvalue weighted by atomic mass is 16.5. The number of rotatable bonds is 8. The SMILES string of the molecule is CCNC(=NCCCc1nc2ccccc2[nH]1)N1CCC(OCC2CCCCO2)CC1. The second-order valence-electron chi connectivity index (χ2n) is 8.55. The van der Waals surface area contributed by atoms with Crippen LogP contribution < -0.4 is 5.32 Å². The number of aliphatic imine (C=N–C) groups is 1.